The first-order valence-electron chi connectivity index (χ1n) is 6.82. The number of aromatic hydroxyl groups is 1. The number of hydrogen-bond acceptors (Lipinski definition) is 3. The zero-order valence-corrected chi connectivity index (χ0v) is 13.9. The van der Waals surface area contributed by atoms with Crippen LogP contribution in [-0.2, 0) is 5.41 Å². The zero-order valence-electron chi connectivity index (χ0n) is 12.4. The Morgan fingerprint density at radius 3 is 2.45 bits per heavy atom. The number of phenolic OH excluding ortho intramolecular Hbond substituents is 1. The zero-order chi connectivity index (χ0) is 16.1. The van der Waals surface area contributed by atoms with Gasteiger partial charge in [0.1, 0.15) is 22.5 Å². The van der Waals surface area contributed by atoms with Crippen molar-refractivity contribution in [3.05, 3.63) is 45.9 Å². The minimum absolute atomic E-state index is 0.0457. The molecule has 4 nitrogen and oxygen atoms in total. The van der Waals surface area contributed by atoms with E-state index in [-0.39, 0.29) is 11.2 Å². The van der Waals surface area contributed by atoms with Crippen LogP contribution in [0.25, 0.3) is 16.7 Å². The molecule has 0 aliphatic heterocycles. The Morgan fingerprint density at radius 2 is 1.77 bits per heavy atom. The van der Waals surface area contributed by atoms with Crippen LogP contribution in [0.1, 0.15) is 26.3 Å². The Morgan fingerprint density at radius 1 is 1.05 bits per heavy atom. The van der Waals surface area contributed by atoms with Crippen molar-refractivity contribution in [2.45, 2.75) is 26.2 Å². The monoisotopic (exact) mass is 335 g/mol. The second-order valence-corrected chi connectivity index (χ2v) is 7.04. The molecule has 114 valence electrons. The van der Waals surface area contributed by atoms with Crippen molar-refractivity contribution in [1.29, 1.82) is 0 Å². The summed E-state index contributed by atoms with van der Waals surface area (Å²) in [5.41, 5.74) is 2.67. The number of fused-ring (bicyclic) bond motifs is 1. The third-order valence-electron chi connectivity index (χ3n) is 3.46. The quantitative estimate of drug-likeness (QED) is 0.699. The highest BCUT2D eigenvalue weighted by Gasteiger charge is 2.18. The van der Waals surface area contributed by atoms with Crippen molar-refractivity contribution in [3.8, 4) is 11.4 Å². The van der Waals surface area contributed by atoms with Crippen molar-refractivity contribution in [2.75, 3.05) is 0 Å². The first-order chi connectivity index (χ1) is 10.3. The van der Waals surface area contributed by atoms with Crippen molar-refractivity contribution in [1.82, 2.24) is 15.0 Å². The van der Waals surface area contributed by atoms with Crippen LogP contribution in [0.15, 0.2) is 30.3 Å². The van der Waals surface area contributed by atoms with E-state index in [2.05, 4.69) is 31.0 Å². The first kappa shape index (κ1) is 15.1. The van der Waals surface area contributed by atoms with E-state index in [1.54, 1.807) is 18.2 Å². The molecule has 0 saturated carbocycles. The molecule has 0 saturated heterocycles. The van der Waals surface area contributed by atoms with Crippen molar-refractivity contribution in [3.63, 3.8) is 0 Å². The van der Waals surface area contributed by atoms with Gasteiger partial charge in [-0.2, -0.15) is 0 Å². The van der Waals surface area contributed by atoms with E-state index in [9.17, 15) is 5.11 Å². The van der Waals surface area contributed by atoms with Gasteiger partial charge >= 0.3 is 0 Å². The third kappa shape index (κ3) is 2.64. The molecule has 1 N–H and O–H groups in total. The highest BCUT2D eigenvalue weighted by atomic mass is 35.5. The molecule has 2 aromatic carbocycles. The van der Waals surface area contributed by atoms with Gasteiger partial charge in [-0.15, -0.1) is 15.0 Å². The second-order valence-electron chi connectivity index (χ2n) is 6.20. The molecule has 6 heteroatoms. The van der Waals surface area contributed by atoms with Crippen LogP contribution in [0.4, 0.5) is 0 Å². The summed E-state index contributed by atoms with van der Waals surface area (Å²) < 4.78 is 0. The molecule has 0 atom stereocenters. The molecule has 0 aliphatic rings. The van der Waals surface area contributed by atoms with E-state index < -0.39 is 0 Å². The summed E-state index contributed by atoms with van der Waals surface area (Å²) >= 11 is 12.1. The molecule has 0 spiro atoms. The Bertz CT molecular complexity index is 866. The van der Waals surface area contributed by atoms with Gasteiger partial charge in [0.15, 0.2) is 0 Å². The van der Waals surface area contributed by atoms with Gasteiger partial charge in [0.05, 0.1) is 5.02 Å². The largest absolute Gasteiger partial charge is 0.506 e. The van der Waals surface area contributed by atoms with Crippen LogP contribution in [0.3, 0.4) is 0 Å². The van der Waals surface area contributed by atoms with Crippen LogP contribution in [0.2, 0.25) is 10.0 Å². The van der Waals surface area contributed by atoms with E-state index >= 15 is 0 Å². The molecule has 0 bridgehead atoms. The maximum atomic E-state index is 10.1. The molecule has 0 aliphatic carbocycles. The summed E-state index contributed by atoms with van der Waals surface area (Å²) in [6.07, 6.45) is 0. The number of nitrogens with zero attached hydrogens (tertiary/aromatic N) is 3. The van der Waals surface area contributed by atoms with Gasteiger partial charge in [0, 0.05) is 5.02 Å². The summed E-state index contributed by atoms with van der Waals surface area (Å²) in [4.78, 5) is 1.39. The lowest BCUT2D eigenvalue weighted by atomic mass is 9.87. The number of halogens is 2. The van der Waals surface area contributed by atoms with Gasteiger partial charge in [-0.05, 0) is 35.2 Å². The van der Waals surface area contributed by atoms with Crippen LogP contribution in [0, 0.1) is 0 Å². The fraction of sp³-hybridized carbons (Fsp3) is 0.250. The van der Waals surface area contributed by atoms with Gasteiger partial charge in [-0.25, -0.2) is 0 Å². The molecule has 22 heavy (non-hydrogen) atoms. The summed E-state index contributed by atoms with van der Waals surface area (Å²) in [7, 11) is 0. The standard InChI is InChI=1S/C16H15Cl2N3O/c1-16(2,3)9-4-5-14(22)13(6-9)21-19-12-8-10(17)7-11(18)15(12)20-21/h4-8,22H,1-3H3. The van der Waals surface area contributed by atoms with E-state index in [1.807, 2.05) is 12.1 Å². The number of phenols is 1. The normalized spacial score (nSPS) is 12.0. The minimum atomic E-state index is -0.0457. The Labute approximate surface area is 138 Å². The summed E-state index contributed by atoms with van der Waals surface area (Å²) in [5.74, 6) is 0.107. The summed E-state index contributed by atoms with van der Waals surface area (Å²) in [5, 5.41) is 19.8. The average molecular weight is 336 g/mol. The molecule has 3 aromatic rings. The molecule has 0 unspecified atom stereocenters. The molecule has 0 radical (unpaired) electrons. The van der Waals surface area contributed by atoms with Crippen molar-refractivity contribution < 1.29 is 5.11 Å². The number of hydrogen-bond donors (Lipinski definition) is 1. The van der Waals surface area contributed by atoms with Crippen LogP contribution < -0.4 is 0 Å². The topological polar surface area (TPSA) is 50.9 Å². The summed E-state index contributed by atoms with van der Waals surface area (Å²) in [6, 6.07) is 8.74. The van der Waals surface area contributed by atoms with E-state index in [0.29, 0.717) is 26.8 Å². The number of benzene rings is 2. The molecule has 1 heterocycles. The number of aromatic nitrogens is 3. The third-order valence-corrected chi connectivity index (χ3v) is 3.97. The molecule has 3 rings (SSSR count). The lowest BCUT2D eigenvalue weighted by Crippen LogP contribution is -2.12. The van der Waals surface area contributed by atoms with Gasteiger partial charge in [0.25, 0.3) is 0 Å². The van der Waals surface area contributed by atoms with Crippen LogP contribution in [-0.4, -0.2) is 20.1 Å². The SMILES string of the molecule is CC(C)(C)c1ccc(O)c(-n2nc3cc(Cl)cc(Cl)c3n2)c1. The molecule has 1 aromatic heterocycles. The smallest absolute Gasteiger partial charge is 0.143 e. The Hall–Kier alpha value is -1.78. The van der Waals surface area contributed by atoms with E-state index in [4.69, 9.17) is 23.2 Å². The molecular formula is C16H15Cl2N3O. The van der Waals surface area contributed by atoms with Gasteiger partial charge in [-0.3, -0.25) is 0 Å². The minimum Gasteiger partial charge on any atom is -0.506 e. The van der Waals surface area contributed by atoms with E-state index in [1.165, 1.54) is 4.80 Å². The van der Waals surface area contributed by atoms with E-state index in [0.717, 1.165) is 5.56 Å². The Balaban J connectivity index is 2.21. The predicted molar refractivity (Wildman–Crippen MR) is 89.2 cm³/mol. The predicted octanol–water partition coefficient (Wildman–Crippen LogP) is 4.73. The number of rotatable bonds is 1. The highest BCUT2D eigenvalue weighted by Crippen LogP contribution is 2.31. The first-order valence-corrected chi connectivity index (χ1v) is 7.57. The van der Waals surface area contributed by atoms with Gasteiger partial charge in [-0.1, -0.05) is 50.0 Å². The van der Waals surface area contributed by atoms with Crippen molar-refractivity contribution >= 4 is 34.2 Å². The van der Waals surface area contributed by atoms with Gasteiger partial charge in [0.2, 0.25) is 0 Å². The average Bonchev–Trinajstić information content (AvgIpc) is 2.81. The fourth-order valence-electron chi connectivity index (χ4n) is 2.20. The Kier molecular flexibility index (Phi) is 3.54. The maximum absolute atomic E-state index is 10.1. The molecule has 0 amide bonds. The maximum Gasteiger partial charge on any atom is 0.143 e. The highest BCUT2D eigenvalue weighted by molar-refractivity contribution is 6.38. The fourth-order valence-corrected chi connectivity index (χ4v) is 2.73. The lowest BCUT2D eigenvalue weighted by molar-refractivity contribution is 0.466. The summed E-state index contributed by atoms with van der Waals surface area (Å²) in [6.45, 7) is 6.31. The lowest BCUT2D eigenvalue weighted by Gasteiger charge is -2.19. The van der Waals surface area contributed by atoms with Crippen molar-refractivity contribution in [2.24, 2.45) is 0 Å². The van der Waals surface area contributed by atoms with Crippen LogP contribution >= 0.6 is 23.2 Å². The second kappa shape index (κ2) is 5.14. The molecular weight excluding hydrogens is 321 g/mol. The van der Waals surface area contributed by atoms with Crippen LogP contribution in [0.5, 0.6) is 5.75 Å². The molecule has 0 fully saturated rings. The van der Waals surface area contributed by atoms with Gasteiger partial charge < -0.3 is 5.11 Å².